The van der Waals surface area contributed by atoms with Crippen LogP contribution in [0, 0.1) is 0 Å². The molecule has 0 N–H and O–H groups in total. The zero-order valence-corrected chi connectivity index (χ0v) is 16.0. The molecule has 2 fully saturated rings. The smallest absolute Gasteiger partial charge is 0.243 e. The van der Waals surface area contributed by atoms with Crippen molar-refractivity contribution < 1.29 is 13.2 Å². The minimum absolute atomic E-state index is 0.156. The van der Waals surface area contributed by atoms with Crippen LogP contribution in [0.3, 0.4) is 0 Å². The van der Waals surface area contributed by atoms with Gasteiger partial charge in [0.15, 0.2) is 0 Å². The second kappa shape index (κ2) is 7.61. The number of piperazine rings is 1. The standard InChI is InChI=1S/C17H24ClN3O3S/c1-14(17(22)20-7-2-3-8-20)19-9-11-21(12-10-19)25(23,24)16-6-4-5-15(18)13-16/h4-6,13-14H,2-3,7-12H2,1H3. The Balaban J connectivity index is 1.62. The maximum absolute atomic E-state index is 12.7. The quantitative estimate of drug-likeness (QED) is 0.790. The van der Waals surface area contributed by atoms with Gasteiger partial charge in [0.25, 0.3) is 0 Å². The number of benzene rings is 1. The van der Waals surface area contributed by atoms with Crippen LogP contribution in [0.25, 0.3) is 0 Å². The van der Waals surface area contributed by atoms with Gasteiger partial charge in [0.1, 0.15) is 0 Å². The largest absolute Gasteiger partial charge is 0.341 e. The van der Waals surface area contributed by atoms with Gasteiger partial charge in [-0.2, -0.15) is 4.31 Å². The van der Waals surface area contributed by atoms with Gasteiger partial charge in [-0.3, -0.25) is 9.69 Å². The molecule has 2 aliphatic rings. The fourth-order valence-electron chi connectivity index (χ4n) is 3.47. The van der Waals surface area contributed by atoms with Gasteiger partial charge in [-0.25, -0.2) is 8.42 Å². The number of halogens is 1. The zero-order chi connectivity index (χ0) is 18.0. The van der Waals surface area contributed by atoms with Gasteiger partial charge in [-0.1, -0.05) is 17.7 Å². The summed E-state index contributed by atoms with van der Waals surface area (Å²) in [5, 5.41) is 0.407. The van der Waals surface area contributed by atoms with E-state index in [1.54, 1.807) is 18.2 Å². The molecule has 3 rings (SSSR count). The van der Waals surface area contributed by atoms with Crippen molar-refractivity contribution in [1.29, 1.82) is 0 Å². The molecule has 2 heterocycles. The molecule has 0 saturated carbocycles. The summed E-state index contributed by atoms with van der Waals surface area (Å²) in [4.78, 5) is 16.7. The molecule has 1 aromatic carbocycles. The van der Waals surface area contributed by atoms with E-state index in [-0.39, 0.29) is 16.8 Å². The first-order valence-corrected chi connectivity index (χ1v) is 10.5. The molecular formula is C17H24ClN3O3S. The van der Waals surface area contributed by atoms with Crippen LogP contribution in [0.1, 0.15) is 19.8 Å². The van der Waals surface area contributed by atoms with Gasteiger partial charge in [0.05, 0.1) is 10.9 Å². The number of nitrogens with zero attached hydrogens (tertiary/aromatic N) is 3. The summed E-state index contributed by atoms with van der Waals surface area (Å²) in [5.74, 6) is 0.156. The number of hydrogen-bond donors (Lipinski definition) is 0. The third-order valence-corrected chi connectivity index (χ3v) is 7.16. The average molecular weight is 386 g/mol. The SMILES string of the molecule is CC(C(=O)N1CCCC1)N1CCN(S(=O)(=O)c2cccc(Cl)c2)CC1. The van der Waals surface area contributed by atoms with E-state index in [9.17, 15) is 13.2 Å². The minimum Gasteiger partial charge on any atom is -0.341 e. The zero-order valence-electron chi connectivity index (χ0n) is 14.4. The molecule has 1 unspecified atom stereocenters. The van der Waals surface area contributed by atoms with Crippen LogP contribution >= 0.6 is 11.6 Å². The van der Waals surface area contributed by atoms with Crippen molar-refractivity contribution >= 4 is 27.5 Å². The summed E-state index contributed by atoms with van der Waals surface area (Å²) in [6.45, 7) is 5.47. The number of amides is 1. The molecule has 0 aliphatic carbocycles. The fourth-order valence-corrected chi connectivity index (χ4v) is 5.19. The van der Waals surface area contributed by atoms with E-state index in [0.29, 0.717) is 31.2 Å². The Morgan fingerprint density at radius 2 is 1.72 bits per heavy atom. The summed E-state index contributed by atoms with van der Waals surface area (Å²) in [7, 11) is -3.54. The molecule has 6 nitrogen and oxygen atoms in total. The topological polar surface area (TPSA) is 60.9 Å². The number of hydrogen-bond acceptors (Lipinski definition) is 4. The minimum atomic E-state index is -3.54. The number of rotatable bonds is 4. The highest BCUT2D eigenvalue weighted by molar-refractivity contribution is 7.89. The lowest BCUT2D eigenvalue weighted by atomic mass is 10.2. The van der Waals surface area contributed by atoms with E-state index in [0.717, 1.165) is 25.9 Å². The molecule has 1 aromatic rings. The van der Waals surface area contributed by atoms with Crippen LogP contribution < -0.4 is 0 Å². The Morgan fingerprint density at radius 1 is 1.08 bits per heavy atom. The molecule has 8 heteroatoms. The van der Waals surface area contributed by atoms with Crippen molar-refractivity contribution in [3.63, 3.8) is 0 Å². The van der Waals surface area contributed by atoms with E-state index < -0.39 is 10.0 Å². The van der Waals surface area contributed by atoms with Crippen LogP contribution in [0.4, 0.5) is 0 Å². The predicted octanol–water partition coefficient (Wildman–Crippen LogP) is 1.66. The van der Waals surface area contributed by atoms with Crippen molar-refractivity contribution in [3.05, 3.63) is 29.3 Å². The third kappa shape index (κ3) is 4.00. The van der Waals surface area contributed by atoms with E-state index in [1.165, 1.54) is 10.4 Å². The molecule has 0 spiro atoms. The van der Waals surface area contributed by atoms with Gasteiger partial charge in [0.2, 0.25) is 15.9 Å². The molecular weight excluding hydrogens is 362 g/mol. The van der Waals surface area contributed by atoms with Gasteiger partial charge < -0.3 is 4.90 Å². The first-order valence-electron chi connectivity index (χ1n) is 8.68. The first kappa shape index (κ1) is 18.6. The molecule has 138 valence electrons. The van der Waals surface area contributed by atoms with E-state index in [1.807, 2.05) is 11.8 Å². The number of sulfonamides is 1. The number of carbonyl (C=O) groups is 1. The highest BCUT2D eigenvalue weighted by Crippen LogP contribution is 2.22. The molecule has 25 heavy (non-hydrogen) atoms. The summed E-state index contributed by atoms with van der Waals surface area (Å²) in [5.41, 5.74) is 0. The fraction of sp³-hybridized carbons (Fsp3) is 0.588. The third-order valence-electron chi connectivity index (χ3n) is 5.03. The van der Waals surface area contributed by atoms with Crippen LogP contribution in [0.2, 0.25) is 5.02 Å². The molecule has 2 aliphatic heterocycles. The highest BCUT2D eigenvalue weighted by Gasteiger charge is 2.33. The molecule has 0 radical (unpaired) electrons. The maximum atomic E-state index is 12.7. The summed E-state index contributed by atoms with van der Waals surface area (Å²) < 4.78 is 26.9. The van der Waals surface area contributed by atoms with Crippen molar-refractivity contribution in [2.24, 2.45) is 0 Å². The maximum Gasteiger partial charge on any atom is 0.243 e. The van der Waals surface area contributed by atoms with E-state index in [2.05, 4.69) is 4.90 Å². The summed E-state index contributed by atoms with van der Waals surface area (Å²) >= 11 is 5.92. The van der Waals surface area contributed by atoms with Crippen molar-refractivity contribution in [2.75, 3.05) is 39.3 Å². The second-order valence-electron chi connectivity index (χ2n) is 6.61. The van der Waals surface area contributed by atoms with Crippen molar-refractivity contribution in [1.82, 2.24) is 14.1 Å². The van der Waals surface area contributed by atoms with E-state index in [4.69, 9.17) is 11.6 Å². The Morgan fingerprint density at radius 3 is 2.32 bits per heavy atom. The Labute approximate surface area is 154 Å². The molecule has 1 atom stereocenters. The number of likely N-dealkylation sites (tertiary alicyclic amines) is 1. The van der Waals surface area contributed by atoms with Gasteiger partial charge in [-0.05, 0) is 38.0 Å². The number of carbonyl (C=O) groups excluding carboxylic acids is 1. The summed E-state index contributed by atoms with van der Waals surface area (Å²) in [6.07, 6.45) is 2.15. The van der Waals surface area contributed by atoms with Gasteiger partial charge in [-0.15, -0.1) is 0 Å². The van der Waals surface area contributed by atoms with Crippen LogP contribution in [0.5, 0.6) is 0 Å². The van der Waals surface area contributed by atoms with Crippen LogP contribution in [-0.2, 0) is 14.8 Å². The molecule has 1 amide bonds. The normalized spacial score (nSPS) is 21.4. The lowest BCUT2D eigenvalue weighted by Crippen LogP contribution is -2.55. The second-order valence-corrected chi connectivity index (χ2v) is 8.98. The molecule has 2 saturated heterocycles. The van der Waals surface area contributed by atoms with Crippen molar-refractivity contribution in [2.45, 2.75) is 30.7 Å². The first-order chi connectivity index (χ1) is 11.9. The highest BCUT2D eigenvalue weighted by atomic mass is 35.5. The Bertz CT molecular complexity index is 726. The summed E-state index contributed by atoms with van der Waals surface area (Å²) in [6, 6.07) is 6.14. The van der Waals surface area contributed by atoms with Crippen LogP contribution in [0.15, 0.2) is 29.2 Å². The monoisotopic (exact) mass is 385 g/mol. The predicted molar refractivity (Wildman–Crippen MR) is 97.1 cm³/mol. The van der Waals surface area contributed by atoms with Gasteiger partial charge >= 0.3 is 0 Å². The Kier molecular flexibility index (Phi) is 5.68. The average Bonchev–Trinajstić information content (AvgIpc) is 3.15. The Hall–Kier alpha value is -1.15. The van der Waals surface area contributed by atoms with Crippen molar-refractivity contribution in [3.8, 4) is 0 Å². The lowest BCUT2D eigenvalue weighted by molar-refractivity contribution is -0.135. The molecule has 0 bridgehead atoms. The van der Waals surface area contributed by atoms with Crippen LogP contribution in [-0.4, -0.2) is 73.7 Å². The molecule has 0 aromatic heterocycles. The van der Waals surface area contributed by atoms with E-state index >= 15 is 0 Å². The lowest BCUT2D eigenvalue weighted by Gasteiger charge is -2.37. The van der Waals surface area contributed by atoms with Gasteiger partial charge in [0, 0.05) is 44.3 Å².